The molecule has 1 aliphatic rings. The predicted molar refractivity (Wildman–Crippen MR) is 64.0 cm³/mol. The number of carbonyl (C=O) groups excluding carboxylic acids is 1. The number of nitrogens with one attached hydrogen (secondary N) is 2. The van der Waals surface area contributed by atoms with Crippen molar-refractivity contribution < 1.29 is 24.9 Å². The molecule has 0 bridgehead atoms. The molecule has 0 aromatic carbocycles. The third-order valence-corrected chi connectivity index (χ3v) is 2.97. The largest absolute Gasteiger partial charge is 0.394 e. The molecule has 1 saturated heterocycles. The van der Waals surface area contributed by atoms with Crippen LogP contribution in [-0.2, 0) is 9.53 Å². The summed E-state index contributed by atoms with van der Waals surface area (Å²) in [5, 5.41) is 30.5. The van der Waals surface area contributed by atoms with Crippen LogP contribution in [0, 0.1) is 0 Å². The van der Waals surface area contributed by atoms with Gasteiger partial charge in [-0.3, -0.25) is 19.1 Å². The van der Waals surface area contributed by atoms with Crippen LogP contribution >= 0.6 is 0 Å². The van der Waals surface area contributed by atoms with Crippen molar-refractivity contribution >= 4 is 12.1 Å². The summed E-state index contributed by atoms with van der Waals surface area (Å²) < 4.78 is 5.97. The van der Waals surface area contributed by atoms with Crippen LogP contribution in [0.25, 0.3) is 0 Å². The number of anilines is 1. The number of ether oxygens (including phenoxy) is 1. The normalized spacial score (nSPS) is 29.4. The Morgan fingerprint density at radius 1 is 1.40 bits per heavy atom. The molecule has 0 radical (unpaired) electrons. The van der Waals surface area contributed by atoms with E-state index in [0.29, 0.717) is 0 Å². The van der Waals surface area contributed by atoms with E-state index in [4.69, 9.17) is 9.84 Å². The van der Waals surface area contributed by atoms with Gasteiger partial charge in [0.2, 0.25) is 6.41 Å². The molecule has 10 heteroatoms. The van der Waals surface area contributed by atoms with Crippen molar-refractivity contribution in [2.75, 3.05) is 11.9 Å². The molecule has 0 aliphatic carbocycles. The Hall–Kier alpha value is -2.01. The van der Waals surface area contributed by atoms with Gasteiger partial charge in [-0.05, 0) is 0 Å². The number of carbonyl (C=O) groups is 1. The van der Waals surface area contributed by atoms with Crippen LogP contribution in [0.2, 0.25) is 0 Å². The minimum Gasteiger partial charge on any atom is -0.394 e. The Bertz CT molecular complexity index is 610. The summed E-state index contributed by atoms with van der Waals surface area (Å²) in [4.78, 5) is 35.4. The Labute approximate surface area is 111 Å². The minimum atomic E-state index is -1.47. The molecule has 1 aromatic heterocycles. The quantitative estimate of drug-likeness (QED) is 0.364. The smallest absolute Gasteiger partial charge is 0.330 e. The molecular formula is C10H13N3O7. The van der Waals surface area contributed by atoms with E-state index in [1.165, 1.54) is 0 Å². The SMILES string of the molecule is O=CNc1cn([C@@H]2O[C@H](CO)[C@@H](O)[C@H]2O)c(=O)[nH]c1=O. The van der Waals surface area contributed by atoms with Gasteiger partial charge < -0.3 is 25.4 Å². The summed E-state index contributed by atoms with van der Waals surface area (Å²) in [5.41, 5.74) is -1.93. The summed E-state index contributed by atoms with van der Waals surface area (Å²) >= 11 is 0. The number of nitrogens with zero attached hydrogens (tertiary/aromatic N) is 1. The Balaban J connectivity index is 2.43. The summed E-state index contributed by atoms with van der Waals surface area (Å²) in [6, 6.07) is 0. The standard InChI is InChI=1S/C10H13N3O7/c14-2-5-6(16)7(17)9(20-5)13-1-4(11-3-15)8(18)12-10(13)19/h1,3,5-7,9,14,16-17H,2H2,(H,11,15)(H,12,18,19)/t5-,6-,7-,9-/m1/s1. The lowest BCUT2D eigenvalue weighted by Gasteiger charge is -2.17. The zero-order chi connectivity index (χ0) is 14.9. The summed E-state index contributed by atoms with van der Waals surface area (Å²) in [5.74, 6) is 0. The molecule has 2 rings (SSSR count). The first-order valence-electron chi connectivity index (χ1n) is 5.67. The van der Waals surface area contributed by atoms with E-state index in [1.807, 2.05) is 4.98 Å². The van der Waals surface area contributed by atoms with Gasteiger partial charge in [0, 0.05) is 6.20 Å². The Morgan fingerprint density at radius 3 is 2.65 bits per heavy atom. The molecule has 4 atom stereocenters. The second-order valence-electron chi connectivity index (χ2n) is 4.20. The third kappa shape index (κ3) is 2.36. The molecule has 20 heavy (non-hydrogen) atoms. The predicted octanol–water partition coefficient (Wildman–Crippen LogP) is -3.28. The summed E-state index contributed by atoms with van der Waals surface area (Å²) in [6.45, 7) is -0.549. The maximum atomic E-state index is 11.7. The van der Waals surface area contributed by atoms with Gasteiger partial charge in [0.25, 0.3) is 5.56 Å². The molecule has 1 aromatic rings. The zero-order valence-corrected chi connectivity index (χ0v) is 10.1. The van der Waals surface area contributed by atoms with Crippen LogP contribution in [0.1, 0.15) is 6.23 Å². The molecular weight excluding hydrogens is 274 g/mol. The maximum Gasteiger partial charge on any atom is 0.330 e. The van der Waals surface area contributed by atoms with Crippen molar-refractivity contribution in [3.05, 3.63) is 27.0 Å². The number of aliphatic hydroxyl groups excluding tert-OH is 3. The van der Waals surface area contributed by atoms with Crippen molar-refractivity contribution in [1.82, 2.24) is 9.55 Å². The van der Waals surface area contributed by atoms with Crippen molar-refractivity contribution in [1.29, 1.82) is 0 Å². The highest BCUT2D eigenvalue weighted by Crippen LogP contribution is 2.28. The first-order valence-corrected chi connectivity index (χ1v) is 5.67. The van der Waals surface area contributed by atoms with Crippen LogP contribution in [0.4, 0.5) is 5.69 Å². The van der Waals surface area contributed by atoms with Crippen molar-refractivity contribution in [3.63, 3.8) is 0 Å². The fourth-order valence-electron chi connectivity index (χ4n) is 1.95. The average molecular weight is 287 g/mol. The van der Waals surface area contributed by atoms with Crippen LogP contribution in [0.15, 0.2) is 15.8 Å². The van der Waals surface area contributed by atoms with E-state index in [1.54, 1.807) is 0 Å². The molecule has 0 spiro atoms. The van der Waals surface area contributed by atoms with E-state index in [2.05, 4.69) is 5.32 Å². The Morgan fingerprint density at radius 2 is 2.10 bits per heavy atom. The lowest BCUT2D eigenvalue weighted by Crippen LogP contribution is -2.38. The highest BCUT2D eigenvalue weighted by atomic mass is 16.6. The molecule has 0 saturated carbocycles. The number of aromatic amines is 1. The average Bonchev–Trinajstić information content (AvgIpc) is 2.70. The van der Waals surface area contributed by atoms with E-state index in [9.17, 15) is 24.6 Å². The van der Waals surface area contributed by atoms with Gasteiger partial charge in [0.05, 0.1) is 6.61 Å². The molecule has 0 unspecified atom stereocenters. The lowest BCUT2D eigenvalue weighted by atomic mass is 10.1. The van der Waals surface area contributed by atoms with Gasteiger partial charge >= 0.3 is 5.69 Å². The Kier molecular flexibility index (Phi) is 3.99. The third-order valence-electron chi connectivity index (χ3n) is 2.97. The second kappa shape index (κ2) is 5.54. The van der Waals surface area contributed by atoms with Gasteiger partial charge in [-0.2, -0.15) is 0 Å². The molecule has 5 N–H and O–H groups in total. The molecule has 10 nitrogen and oxygen atoms in total. The fourth-order valence-corrected chi connectivity index (χ4v) is 1.95. The molecule has 110 valence electrons. The molecule has 1 amide bonds. The minimum absolute atomic E-state index is 0.225. The number of hydrogen-bond acceptors (Lipinski definition) is 7. The second-order valence-corrected chi connectivity index (χ2v) is 4.20. The summed E-state index contributed by atoms with van der Waals surface area (Å²) in [7, 11) is 0. The number of amides is 1. The van der Waals surface area contributed by atoms with Gasteiger partial charge in [-0.1, -0.05) is 0 Å². The van der Waals surface area contributed by atoms with Gasteiger partial charge in [-0.25, -0.2) is 4.79 Å². The van der Waals surface area contributed by atoms with Gasteiger partial charge in [0.15, 0.2) is 6.23 Å². The zero-order valence-electron chi connectivity index (χ0n) is 10.1. The number of aliphatic hydroxyl groups is 3. The van der Waals surface area contributed by atoms with E-state index in [0.717, 1.165) is 10.8 Å². The van der Waals surface area contributed by atoms with Crippen LogP contribution in [0.3, 0.4) is 0 Å². The summed E-state index contributed by atoms with van der Waals surface area (Å²) in [6.07, 6.45) is -3.98. The van der Waals surface area contributed by atoms with Crippen LogP contribution in [-0.4, -0.2) is 56.2 Å². The van der Waals surface area contributed by atoms with E-state index in [-0.39, 0.29) is 12.1 Å². The number of rotatable bonds is 4. The number of hydrogen-bond donors (Lipinski definition) is 5. The van der Waals surface area contributed by atoms with Crippen molar-refractivity contribution in [3.8, 4) is 0 Å². The molecule has 1 aliphatic heterocycles. The first kappa shape index (κ1) is 14.4. The maximum absolute atomic E-state index is 11.7. The molecule has 1 fully saturated rings. The number of H-pyrrole nitrogens is 1. The lowest BCUT2D eigenvalue weighted by molar-refractivity contribution is -0.105. The van der Waals surface area contributed by atoms with Gasteiger partial charge in [0.1, 0.15) is 24.0 Å². The van der Waals surface area contributed by atoms with E-state index < -0.39 is 42.4 Å². The fraction of sp³-hybridized carbons (Fsp3) is 0.500. The molecule has 2 heterocycles. The highest BCUT2D eigenvalue weighted by molar-refractivity contribution is 5.69. The van der Waals surface area contributed by atoms with Gasteiger partial charge in [-0.15, -0.1) is 0 Å². The van der Waals surface area contributed by atoms with Crippen molar-refractivity contribution in [2.45, 2.75) is 24.5 Å². The van der Waals surface area contributed by atoms with Crippen LogP contribution in [0.5, 0.6) is 0 Å². The van der Waals surface area contributed by atoms with Crippen LogP contribution < -0.4 is 16.6 Å². The monoisotopic (exact) mass is 287 g/mol. The first-order chi connectivity index (χ1) is 9.49. The van der Waals surface area contributed by atoms with E-state index >= 15 is 0 Å². The highest BCUT2D eigenvalue weighted by Gasteiger charge is 2.43. The topological polar surface area (TPSA) is 154 Å². The number of aromatic nitrogens is 2. The van der Waals surface area contributed by atoms with Crippen molar-refractivity contribution in [2.24, 2.45) is 0 Å².